The molecule has 4 bridgehead atoms. The van der Waals surface area contributed by atoms with E-state index in [2.05, 4.69) is 27.4 Å². The van der Waals surface area contributed by atoms with Crippen molar-refractivity contribution in [1.29, 1.82) is 0 Å². The number of nitrogens with one attached hydrogen (secondary N) is 3. The Kier molecular flexibility index (Phi) is 8.97. The van der Waals surface area contributed by atoms with Gasteiger partial charge in [-0.05, 0) is 105 Å². The van der Waals surface area contributed by atoms with Gasteiger partial charge in [0.2, 0.25) is 0 Å². The van der Waals surface area contributed by atoms with Gasteiger partial charge in [0.15, 0.2) is 6.29 Å². The molecule has 2 aliphatic heterocycles. The van der Waals surface area contributed by atoms with Crippen LogP contribution >= 0.6 is 0 Å². The third kappa shape index (κ3) is 6.59. The van der Waals surface area contributed by atoms with Crippen LogP contribution in [0.5, 0.6) is 0 Å². The minimum absolute atomic E-state index is 0.00269. The molecule has 0 spiro atoms. The SMILES string of the molecule is CC1C(CN2CCC(n3c(=O)[nH]c4ccccc43)CC2)OC(c2ccc(NC(=O)NC34CC5CC(CC(C5)C3)C4)cc2)OC1c1ccc(CO)cc1. The molecule has 10 rings (SSSR count). The monoisotopic (exact) mass is 705 g/mol. The lowest BCUT2D eigenvalue weighted by molar-refractivity contribution is -0.276. The van der Waals surface area contributed by atoms with E-state index in [4.69, 9.17) is 9.47 Å². The molecular weight excluding hydrogens is 654 g/mol. The quantitative estimate of drug-likeness (QED) is 0.156. The molecule has 52 heavy (non-hydrogen) atoms. The molecule has 2 saturated heterocycles. The van der Waals surface area contributed by atoms with Gasteiger partial charge in [-0.1, -0.05) is 55.5 Å². The third-order valence-corrected chi connectivity index (χ3v) is 13.0. The van der Waals surface area contributed by atoms with Crippen LogP contribution in [0.3, 0.4) is 0 Å². The molecule has 1 aromatic heterocycles. The Morgan fingerprint density at radius 3 is 2.21 bits per heavy atom. The first-order chi connectivity index (χ1) is 25.3. The summed E-state index contributed by atoms with van der Waals surface area (Å²) in [7, 11) is 0. The second-order valence-electron chi connectivity index (χ2n) is 16.6. The first-order valence-electron chi connectivity index (χ1n) is 19.4. The summed E-state index contributed by atoms with van der Waals surface area (Å²) < 4.78 is 15.4. The van der Waals surface area contributed by atoms with Crippen LogP contribution in [0.1, 0.15) is 93.4 Å². The lowest BCUT2D eigenvalue weighted by Crippen LogP contribution is -2.60. The van der Waals surface area contributed by atoms with Crippen LogP contribution in [0.4, 0.5) is 10.5 Å². The van der Waals surface area contributed by atoms with E-state index in [1.165, 1.54) is 19.3 Å². The molecule has 4 N–H and O–H groups in total. The Labute approximate surface area is 304 Å². The van der Waals surface area contributed by atoms with Gasteiger partial charge in [0.05, 0.1) is 29.8 Å². The zero-order chi connectivity index (χ0) is 35.4. The van der Waals surface area contributed by atoms with E-state index in [1.54, 1.807) is 0 Å². The number of imidazole rings is 1. The maximum atomic E-state index is 13.2. The molecule has 4 atom stereocenters. The minimum Gasteiger partial charge on any atom is -0.392 e. The molecule has 274 valence electrons. The largest absolute Gasteiger partial charge is 0.392 e. The van der Waals surface area contributed by atoms with E-state index in [0.29, 0.717) is 0 Å². The van der Waals surface area contributed by atoms with Crippen molar-refractivity contribution in [2.24, 2.45) is 23.7 Å². The maximum Gasteiger partial charge on any atom is 0.326 e. The number of aromatic nitrogens is 2. The fourth-order valence-electron chi connectivity index (χ4n) is 10.8. The van der Waals surface area contributed by atoms with Crippen molar-refractivity contribution >= 4 is 22.8 Å². The number of fused-ring (bicyclic) bond motifs is 1. The number of para-hydroxylation sites is 2. The molecule has 4 aromatic rings. The highest BCUT2D eigenvalue weighted by Crippen LogP contribution is 2.55. The van der Waals surface area contributed by atoms with Crippen molar-refractivity contribution < 1.29 is 19.4 Å². The van der Waals surface area contributed by atoms with E-state index in [-0.39, 0.29) is 48.0 Å². The highest BCUT2D eigenvalue weighted by atomic mass is 16.7. The second kappa shape index (κ2) is 13.8. The number of carbonyl (C=O) groups is 1. The zero-order valence-corrected chi connectivity index (χ0v) is 30.0. The second-order valence-corrected chi connectivity index (χ2v) is 16.6. The number of likely N-dealkylation sites (tertiary alicyclic amines) is 1. The molecule has 4 saturated carbocycles. The van der Waals surface area contributed by atoms with Crippen LogP contribution < -0.4 is 16.3 Å². The highest BCUT2D eigenvalue weighted by Gasteiger charge is 2.51. The number of hydrogen-bond donors (Lipinski definition) is 4. The summed E-state index contributed by atoms with van der Waals surface area (Å²) in [6, 6.07) is 23.8. The normalized spacial score (nSPS) is 31.9. The van der Waals surface area contributed by atoms with Crippen LogP contribution in [-0.4, -0.2) is 56.9 Å². The smallest absolute Gasteiger partial charge is 0.326 e. The lowest BCUT2D eigenvalue weighted by atomic mass is 9.53. The Balaban J connectivity index is 0.880. The number of amides is 2. The Bertz CT molecular complexity index is 1910. The highest BCUT2D eigenvalue weighted by molar-refractivity contribution is 5.89. The number of nitrogens with zero attached hydrogens (tertiary/aromatic N) is 2. The molecule has 2 amide bonds. The van der Waals surface area contributed by atoms with Gasteiger partial charge in [-0.15, -0.1) is 0 Å². The predicted molar refractivity (Wildman–Crippen MR) is 200 cm³/mol. The number of urea groups is 1. The van der Waals surface area contributed by atoms with Crippen molar-refractivity contribution in [2.75, 3.05) is 25.0 Å². The summed E-state index contributed by atoms with van der Waals surface area (Å²) in [5.41, 5.74) is 5.34. The van der Waals surface area contributed by atoms with E-state index in [0.717, 1.165) is 103 Å². The van der Waals surface area contributed by atoms with Crippen LogP contribution in [0.15, 0.2) is 77.6 Å². The van der Waals surface area contributed by atoms with Crippen molar-refractivity contribution in [3.05, 3.63) is 100.0 Å². The van der Waals surface area contributed by atoms with E-state index < -0.39 is 6.29 Å². The fourth-order valence-corrected chi connectivity index (χ4v) is 10.8. The summed E-state index contributed by atoms with van der Waals surface area (Å²) in [5.74, 6) is 2.38. The van der Waals surface area contributed by atoms with Gasteiger partial charge in [-0.3, -0.25) is 4.57 Å². The van der Waals surface area contributed by atoms with Crippen LogP contribution in [0.25, 0.3) is 11.0 Å². The summed E-state index contributed by atoms with van der Waals surface area (Å²) in [6.07, 6.45) is 8.28. The van der Waals surface area contributed by atoms with Gasteiger partial charge in [0, 0.05) is 48.4 Å². The number of benzene rings is 3. The molecule has 4 aliphatic carbocycles. The number of carbonyl (C=O) groups excluding carboxylic acids is 1. The van der Waals surface area contributed by atoms with Crippen LogP contribution in [-0.2, 0) is 16.1 Å². The van der Waals surface area contributed by atoms with E-state index >= 15 is 0 Å². The fraction of sp³-hybridized carbons (Fsp3) is 0.524. The number of rotatable bonds is 8. The molecule has 10 nitrogen and oxygen atoms in total. The summed E-state index contributed by atoms with van der Waals surface area (Å²) >= 11 is 0. The average Bonchev–Trinajstić information content (AvgIpc) is 3.48. The molecule has 6 fully saturated rings. The first kappa shape index (κ1) is 33.8. The van der Waals surface area contributed by atoms with E-state index in [9.17, 15) is 14.7 Å². The first-order valence-corrected chi connectivity index (χ1v) is 19.4. The van der Waals surface area contributed by atoms with Crippen LogP contribution in [0, 0.1) is 23.7 Å². The van der Waals surface area contributed by atoms with Gasteiger partial charge in [0.25, 0.3) is 0 Å². The Hall–Kier alpha value is -3.96. The molecule has 6 aliphatic rings. The number of hydrogen-bond acceptors (Lipinski definition) is 6. The van der Waals surface area contributed by atoms with E-state index in [1.807, 2.05) is 77.4 Å². The number of ether oxygens (including phenoxy) is 2. The summed E-state index contributed by atoms with van der Waals surface area (Å²) in [4.78, 5) is 31.6. The summed E-state index contributed by atoms with van der Waals surface area (Å²) in [6.45, 7) is 4.69. The van der Waals surface area contributed by atoms with Gasteiger partial charge in [-0.25, -0.2) is 9.59 Å². The van der Waals surface area contributed by atoms with Gasteiger partial charge in [0.1, 0.15) is 0 Å². The lowest BCUT2D eigenvalue weighted by Gasteiger charge is -2.56. The third-order valence-electron chi connectivity index (χ3n) is 13.0. The predicted octanol–water partition coefficient (Wildman–Crippen LogP) is 7.04. The zero-order valence-electron chi connectivity index (χ0n) is 30.0. The summed E-state index contributed by atoms with van der Waals surface area (Å²) in [5, 5.41) is 16.2. The molecule has 3 heterocycles. The molecule has 3 aromatic carbocycles. The van der Waals surface area contributed by atoms with Crippen molar-refractivity contribution in [3.8, 4) is 0 Å². The molecule has 0 radical (unpaired) electrons. The maximum absolute atomic E-state index is 13.2. The standard InChI is InChI=1S/C42H51N5O5/c1-26-37(24-46-16-14-34(15-17-46)47-36-5-3-2-4-35(36)44-41(47)50)51-39(52-38(26)31-8-6-27(25-48)7-9-31)32-10-12-33(13-11-32)43-40(49)45-42-21-28-18-29(22-42)20-30(19-28)23-42/h2-13,26,28-30,34,37-39,48H,14-25H2,1H3,(H,44,50)(H2,43,45,49). The van der Waals surface area contributed by atoms with Crippen molar-refractivity contribution in [1.82, 2.24) is 19.8 Å². The number of H-pyrrole nitrogens is 1. The van der Waals surface area contributed by atoms with Gasteiger partial charge < -0.3 is 35.1 Å². The number of aliphatic hydroxyl groups is 1. The topological polar surface area (TPSA) is 121 Å². The number of piperidine rings is 1. The number of aliphatic hydroxyl groups excluding tert-OH is 1. The molecule has 10 heteroatoms. The van der Waals surface area contributed by atoms with Gasteiger partial charge >= 0.3 is 11.7 Å². The Morgan fingerprint density at radius 2 is 1.54 bits per heavy atom. The van der Waals surface area contributed by atoms with Gasteiger partial charge in [-0.2, -0.15) is 0 Å². The van der Waals surface area contributed by atoms with Crippen LogP contribution in [0.2, 0.25) is 0 Å². The Morgan fingerprint density at radius 1 is 0.885 bits per heavy atom. The van der Waals surface area contributed by atoms with Crippen molar-refractivity contribution in [3.63, 3.8) is 0 Å². The van der Waals surface area contributed by atoms with Crippen molar-refractivity contribution in [2.45, 2.75) is 95.0 Å². The number of aromatic amines is 1. The number of anilines is 1. The average molecular weight is 706 g/mol. The molecular formula is C42H51N5O5. The minimum atomic E-state index is -0.582. The molecule has 4 unspecified atom stereocenters.